The van der Waals surface area contributed by atoms with Gasteiger partial charge in [0.1, 0.15) is 0 Å². The van der Waals surface area contributed by atoms with Crippen molar-refractivity contribution in [3.05, 3.63) is 0 Å². The zero-order valence-electron chi connectivity index (χ0n) is 7.98. The first-order valence-electron chi connectivity index (χ1n) is 4.57. The van der Waals surface area contributed by atoms with Gasteiger partial charge in [-0.05, 0) is 12.3 Å². The van der Waals surface area contributed by atoms with Gasteiger partial charge in [0.2, 0.25) is 0 Å². The van der Waals surface area contributed by atoms with Crippen molar-refractivity contribution in [3.8, 4) is 0 Å². The summed E-state index contributed by atoms with van der Waals surface area (Å²) in [5.41, 5.74) is 0. The third kappa shape index (κ3) is 3.48. The summed E-state index contributed by atoms with van der Waals surface area (Å²) in [6.45, 7) is 5.81. The SMILES string of the molecule is CC.CC1CCC(F)(F)CC1O. The molecule has 2 atom stereocenters. The van der Waals surface area contributed by atoms with Crippen molar-refractivity contribution in [2.75, 3.05) is 0 Å². The van der Waals surface area contributed by atoms with Crippen molar-refractivity contribution in [2.24, 2.45) is 5.92 Å². The van der Waals surface area contributed by atoms with Crippen LogP contribution in [0.2, 0.25) is 0 Å². The van der Waals surface area contributed by atoms with Gasteiger partial charge in [-0.15, -0.1) is 0 Å². The minimum atomic E-state index is -2.62. The molecule has 0 aliphatic heterocycles. The van der Waals surface area contributed by atoms with Crippen LogP contribution in [0.25, 0.3) is 0 Å². The third-order valence-corrected chi connectivity index (χ3v) is 2.13. The average molecular weight is 180 g/mol. The van der Waals surface area contributed by atoms with Gasteiger partial charge in [0.05, 0.1) is 6.10 Å². The summed E-state index contributed by atoms with van der Waals surface area (Å²) in [5.74, 6) is -2.58. The van der Waals surface area contributed by atoms with Crippen molar-refractivity contribution >= 4 is 0 Å². The van der Waals surface area contributed by atoms with E-state index >= 15 is 0 Å². The zero-order valence-corrected chi connectivity index (χ0v) is 7.98. The molecular formula is C9H18F2O. The van der Waals surface area contributed by atoms with Crippen LogP contribution in [0.15, 0.2) is 0 Å². The smallest absolute Gasteiger partial charge is 0.250 e. The largest absolute Gasteiger partial charge is 0.393 e. The van der Waals surface area contributed by atoms with Gasteiger partial charge in [-0.1, -0.05) is 20.8 Å². The second-order valence-electron chi connectivity index (χ2n) is 3.14. The van der Waals surface area contributed by atoms with Crippen LogP contribution in [0.4, 0.5) is 8.78 Å². The van der Waals surface area contributed by atoms with Gasteiger partial charge in [-0.2, -0.15) is 0 Å². The summed E-state index contributed by atoms with van der Waals surface area (Å²) in [6, 6.07) is 0. The van der Waals surface area contributed by atoms with Crippen LogP contribution in [0.3, 0.4) is 0 Å². The van der Waals surface area contributed by atoms with E-state index in [0.29, 0.717) is 6.42 Å². The summed E-state index contributed by atoms with van der Waals surface area (Å²) >= 11 is 0. The first kappa shape index (κ1) is 11.8. The van der Waals surface area contributed by atoms with Crippen molar-refractivity contribution in [3.63, 3.8) is 0 Å². The number of alkyl halides is 2. The average Bonchev–Trinajstić information content (AvgIpc) is 2.01. The van der Waals surface area contributed by atoms with Gasteiger partial charge in [-0.25, -0.2) is 8.78 Å². The Labute approximate surface area is 72.8 Å². The monoisotopic (exact) mass is 180 g/mol. The summed E-state index contributed by atoms with van der Waals surface area (Å²) in [5, 5.41) is 9.03. The van der Waals surface area contributed by atoms with Crippen molar-refractivity contribution in [1.29, 1.82) is 0 Å². The Hall–Kier alpha value is -0.180. The maximum atomic E-state index is 12.5. The van der Waals surface area contributed by atoms with Crippen LogP contribution in [0.5, 0.6) is 0 Å². The van der Waals surface area contributed by atoms with E-state index in [1.165, 1.54) is 0 Å². The topological polar surface area (TPSA) is 20.2 Å². The summed E-state index contributed by atoms with van der Waals surface area (Å²) in [6.07, 6.45) is -0.781. The van der Waals surface area contributed by atoms with E-state index < -0.39 is 12.0 Å². The molecule has 0 spiro atoms. The van der Waals surface area contributed by atoms with Gasteiger partial charge < -0.3 is 5.11 Å². The van der Waals surface area contributed by atoms with Gasteiger partial charge in [0.25, 0.3) is 5.92 Å². The molecule has 1 saturated carbocycles. The van der Waals surface area contributed by atoms with Crippen LogP contribution in [0, 0.1) is 5.92 Å². The molecule has 1 N–H and O–H groups in total. The van der Waals surface area contributed by atoms with Gasteiger partial charge >= 0.3 is 0 Å². The Bertz CT molecular complexity index is 126. The number of hydrogen-bond donors (Lipinski definition) is 1. The lowest BCUT2D eigenvalue weighted by atomic mass is 9.86. The van der Waals surface area contributed by atoms with E-state index in [2.05, 4.69) is 0 Å². The molecule has 1 aliphatic rings. The zero-order chi connectivity index (χ0) is 9.78. The van der Waals surface area contributed by atoms with E-state index in [1.54, 1.807) is 6.92 Å². The lowest BCUT2D eigenvalue weighted by Gasteiger charge is -2.30. The highest BCUT2D eigenvalue weighted by Crippen LogP contribution is 2.35. The maximum absolute atomic E-state index is 12.5. The van der Waals surface area contributed by atoms with E-state index in [9.17, 15) is 8.78 Å². The molecule has 0 amide bonds. The Morgan fingerprint density at radius 3 is 2.17 bits per heavy atom. The van der Waals surface area contributed by atoms with Crippen LogP contribution >= 0.6 is 0 Å². The minimum absolute atomic E-state index is 0.0413. The first-order valence-corrected chi connectivity index (χ1v) is 4.57. The van der Waals surface area contributed by atoms with Crippen molar-refractivity contribution in [2.45, 2.75) is 52.1 Å². The summed E-state index contributed by atoms with van der Waals surface area (Å²) in [7, 11) is 0. The Morgan fingerprint density at radius 2 is 1.83 bits per heavy atom. The van der Waals surface area contributed by atoms with Crippen LogP contribution < -0.4 is 0 Å². The van der Waals surface area contributed by atoms with Gasteiger partial charge in [0, 0.05) is 12.8 Å². The van der Waals surface area contributed by atoms with Crippen LogP contribution in [0.1, 0.15) is 40.0 Å². The fourth-order valence-electron chi connectivity index (χ4n) is 1.24. The number of aliphatic hydroxyl groups is 1. The highest BCUT2D eigenvalue weighted by Gasteiger charge is 2.38. The van der Waals surface area contributed by atoms with Gasteiger partial charge in [-0.3, -0.25) is 0 Å². The van der Waals surface area contributed by atoms with Crippen molar-refractivity contribution in [1.82, 2.24) is 0 Å². The summed E-state index contributed by atoms with van der Waals surface area (Å²) < 4.78 is 24.9. The lowest BCUT2D eigenvalue weighted by molar-refractivity contribution is -0.0941. The molecular weight excluding hydrogens is 162 g/mol. The predicted molar refractivity (Wildman–Crippen MR) is 45.3 cm³/mol. The second-order valence-corrected chi connectivity index (χ2v) is 3.14. The van der Waals surface area contributed by atoms with Crippen molar-refractivity contribution < 1.29 is 13.9 Å². The fraction of sp³-hybridized carbons (Fsp3) is 1.00. The minimum Gasteiger partial charge on any atom is -0.393 e. The molecule has 2 unspecified atom stereocenters. The quantitative estimate of drug-likeness (QED) is 0.607. The predicted octanol–water partition coefficient (Wildman–Crippen LogP) is 2.83. The molecule has 3 heteroatoms. The first-order chi connectivity index (χ1) is 5.51. The number of aliphatic hydroxyl groups excluding tert-OH is 1. The molecule has 1 rings (SSSR count). The van der Waals surface area contributed by atoms with E-state index in [-0.39, 0.29) is 18.8 Å². The van der Waals surface area contributed by atoms with Crippen LogP contribution in [-0.4, -0.2) is 17.1 Å². The highest BCUT2D eigenvalue weighted by molar-refractivity contribution is 4.81. The lowest BCUT2D eigenvalue weighted by Crippen LogP contribution is -2.34. The molecule has 0 radical (unpaired) electrons. The maximum Gasteiger partial charge on any atom is 0.250 e. The van der Waals surface area contributed by atoms with E-state index in [4.69, 9.17) is 5.11 Å². The Balaban J connectivity index is 0.000000561. The molecule has 0 aromatic heterocycles. The standard InChI is InChI=1S/C7H12F2O.C2H6/c1-5-2-3-7(8,9)4-6(5)10;1-2/h5-6,10H,2-4H2,1H3;1-2H3. The molecule has 0 aromatic rings. The molecule has 1 aliphatic carbocycles. The number of hydrogen-bond acceptors (Lipinski definition) is 1. The summed E-state index contributed by atoms with van der Waals surface area (Å²) in [4.78, 5) is 0. The molecule has 0 bridgehead atoms. The normalized spacial score (nSPS) is 33.5. The number of rotatable bonds is 0. The highest BCUT2D eigenvalue weighted by atomic mass is 19.3. The van der Waals surface area contributed by atoms with Crippen LogP contribution in [-0.2, 0) is 0 Å². The molecule has 74 valence electrons. The van der Waals surface area contributed by atoms with E-state index in [1.807, 2.05) is 13.8 Å². The number of halogens is 2. The molecule has 12 heavy (non-hydrogen) atoms. The fourth-order valence-corrected chi connectivity index (χ4v) is 1.24. The Morgan fingerprint density at radius 1 is 1.33 bits per heavy atom. The molecule has 0 aromatic carbocycles. The third-order valence-electron chi connectivity index (χ3n) is 2.13. The van der Waals surface area contributed by atoms with E-state index in [0.717, 1.165) is 0 Å². The molecule has 0 heterocycles. The molecule has 1 nitrogen and oxygen atoms in total. The molecule has 0 saturated heterocycles. The second kappa shape index (κ2) is 4.75. The van der Waals surface area contributed by atoms with Gasteiger partial charge in [0.15, 0.2) is 0 Å². The molecule has 1 fully saturated rings. The Kier molecular flexibility index (Phi) is 4.68.